The normalized spacial score (nSPS) is 10.2. The number of hydrogen-bond donors (Lipinski definition) is 3. The van der Waals surface area contributed by atoms with Crippen LogP contribution in [-0.4, -0.2) is 29.8 Å². The number of hydrogen-bond acceptors (Lipinski definition) is 5. The lowest BCUT2D eigenvalue weighted by atomic mass is 10.1. The van der Waals surface area contributed by atoms with Crippen LogP contribution in [0.2, 0.25) is 0 Å². The average Bonchev–Trinajstić information content (AvgIpc) is 2.70. The highest BCUT2D eigenvalue weighted by Crippen LogP contribution is 2.15. The van der Waals surface area contributed by atoms with Gasteiger partial charge < -0.3 is 16.0 Å². The van der Waals surface area contributed by atoms with Crippen molar-refractivity contribution in [3.8, 4) is 0 Å². The van der Waals surface area contributed by atoms with Crippen molar-refractivity contribution in [3.05, 3.63) is 64.2 Å². The van der Waals surface area contributed by atoms with E-state index in [2.05, 4.69) is 16.0 Å². The summed E-state index contributed by atoms with van der Waals surface area (Å²) in [6.07, 6.45) is 1.77. The summed E-state index contributed by atoms with van der Waals surface area (Å²) in [6, 6.07) is 12.9. The quantitative estimate of drug-likeness (QED) is 0.329. The molecule has 0 bridgehead atoms. The van der Waals surface area contributed by atoms with Crippen LogP contribution in [0.15, 0.2) is 48.5 Å². The molecular weight excluding hydrogens is 360 g/mol. The Labute approximate surface area is 163 Å². The summed E-state index contributed by atoms with van der Waals surface area (Å²) in [4.78, 5) is 34.2. The summed E-state index contributed by atoms with van der Waals surface area (Å²) >= 11 is 0. The van der Waals surface area contributed by atoms with Crippen LogP contribution in [0.4, 0.5) is 17.1 Å². The van der Waals surface area contributed by atoms with Crippen molar-refractivity contribution in [2.75, 3.05) is 23.7 Å². The molecule has 3 N–H and O–H groups in total. The van der Waals surface area contributed by atoms with Crippen LogP contribution in [0.1, 0.15) is 36.5 Å². The van der Waals surface area contributed by atoms with Crippen molar-refractivity contribution >= 4 is 28.9 Å². The van der Waals surface area contributed by atoms with Crippen LogP contribution >= 0.6 is 0 Å². The van der Waals surface area contributed by atoms with Gasteiger partial charge in [0, 0.05) is 48.6 Å². The number of non-ortho nitro benzene ring substituents is 1. The zero-order valence-corrected chi connectivity index (χ0v) is 15.7. The average molecular weight is 384 g/mol. The van der Waals surface area contributed by atoms with Crippen LogP contribution < -0.4 is 16.0 Å². The molecule has 2 aromatic carbocycles. The molecule has 0 heterocycles. The molecule has 0 atom stereocenters. The number of amides is 2. The van der Waals surface area contributed by atoms with Crippen molar-refractivity contribution in [2.45, 2.75) is 26.2 Å². The molecular formula is C20H24N4O4. The summed E-state index contributed by atoms with van der Waals surface area (Å²) in [6.45, 7) is 3.15. The fraction of sp³-hybridized carbons (Fsp3) is 0.300. The highest BCUT2D eigenvalue weighted by atomic mass is 16.6. The summed E-state index contributed by atoms with van der Waals surface area (Å²) in [5.41, 5.74) is 1.89. The summed E-state index contributed by atoms with van der Waals surface area (Å²) in [5, 5.41) is 19.3. The Bertz CT molecular complexity index is 821. The van der Waals surface area contributed by atoms with E-state index in [0.717, 1.165) is 12.1 Å². The fourth-order valence-electron chi connectivity index (χ4n) is 2.48. The molecule has 0 fully saturated rings. The van der Waals surface area contributed by atoms with E-state index in [1.54, 1.807) is 36.4 Å². The molecule has 0 aliphatic heterocycles. The van der Waals surface area contributed by atoms with E-state index in [1.165, 1.54) is 12.1 Å². The first-order valence-corrected chi connectivity index (χ1v) is 9.16. The molecule has 8 heteroatoms. The Morgan fingerprint density at radius 1 is 1.04 bits per heavy atom. The molecule has 0 aliphatic rings. The van der Waals surface area contributed by atoms with Gasteiger partial charge in [0.2, 0.25) is 5.91 Å². The van der Waals surface area contributed by atoms with Gasteiger partial charge in [-0.1, -0.05) is 13.0 Å². The van der Waals surface area contributed by atoms with Gasteiger partial charge in [-0.25, -0.2) is 0 Å². The van der Waals surface area contributed by atoms with Crippen molar-refractivity contribution < 1.29 is 14.5 Å². The largest absolute Gasteiger partial charge is 0.385 e. The molecule has 28 heavy (non-hydrogen) atoms. The maximum atomic E-state index is 12.1. The van der Waals surface area contributed by atoms with Crippen molar-refractivity contribution in [1.29, 1.82) is 0 Å². The number of nitrogens with zero attached hydrogens (tertiary/aromatic N) is 1. The Kier molecular flexibility index (Phi) is 7.95. The van der Waals surface area contributed by atoms with Crippen LogP contribution in [0.25, 0.3) is 0 Å². The third-order valence-electron chi connectivity index (χ3n) is 3.93. The second kappa shape index (κ2) is 10.7. The standard InChI is InChI=1S/C20H24N4O4/c1-2-12-22-20(26)15-5-3-6-17(14-15)23-19(25)7-4-13-21-16-8-10-18(11-9-16)24(27)28/h3,5-6,8-11,14,21H,2,4,7,12-13H2,1H3,(H,22,26)(H,23,25). The van der Waals surface area contributed by atoms with E-state index in [9.17, 15) is 19.7 Å². The van der Waals surface area contributed by atoms with Crippen LogP contribution in [0.3, 0.4) is 0 Å². The zero-order valence-electron chi connectivity index (χ0n) is 15.7. The lowest BCUT2D eigenvalue weighted by molar-refractivity contribution is -0.384. The summed E-state index contributed by atoms with van der Waals surface area (Å²) in [7, 11) is 0. The Balaban J connectivity index is 1.75. The molecule has 0 aliphatic carbocycles. The molecule has 0 radical (unpaired) electrons. The number of rotatable bonds is 10. The number of carbonyl (C=O) groups is 2. The molecule has 148 valence electrons. The minimum Gasteiger partial charge on any atom is -0.385 e. The van der Waals surface area contributed by atoms with Crippen LogP contribution in [0, 0.1) is 10.1 Å². The van der Waals surface area contributed by atoms with Crippen molar-refractivity contribution in [3.63, 3.8) is 0 Å². The van der Waals surface area contributed by atoms with Crippen LogP contribution in [0.5, 0.6) is 0 Å². The van der Waals surface area contributed by atoms with E-state index < -0.39 is 4.92 Å². The first kappa shape index (κ1) is 20.9. The maximum Gasteiger partial charge on any atom is 0.269 e. The molecule has 2 rings (SSSR count). The van der Waals surface area contributed by atoms with Gasteiger partial charge in [-0.15, -0.1) is 0 Å². The van der Waals surface area contributed by atoms with Crippen LogP contribution in [-0.2, 0) is 4.79 Å². The lowest BCUT2D eigenvalue weighted by Gasteiger charge is -2.09. The molecule has 0 saturated carbocycles. The molecule has 0 aromatic heterocycles. The molecule has 8 nitrogen and oxygen atoms in total. The highest BCUT2D eigenvalue weighted by molar-refractivity contribution is 5.97. The SMILES string of the molecule is CCCNC(=O)c1cccc(NC(=O)CCCNc2ccc([N+](=O)[O-])cc2)c1. The molecule has 2 amide bonds. The number of benzene rings is 2. The first-order valence-electron chi connectivity index (χ1n) is 9.16. The number of nitro benzene ring substituents is 1. The number of anilines is 2. The maximum absolute atomic E-state index is 12.1. The van der Waals surface area contributed by atoms with E-state index >= 15 is 0 Å². The predicted octanol–water partition coefficient (Wildman–Crippen LogP) is 3.57. The first-order chi connectivity index (χ1) is 13.5. The van der Waals surface area contributed by atoms with Gasteiger partial charge in [-0.3, -0.25) is 19.7 Å². The van der Waals surface area contributed by atoms with Gasteiger partial charge in [0.15, 0.2) is 0 Å². The second-order valence-electron chi connectivity index (χ2n) is 6.22. The summed E-state index contributed by atoms with van der Waals surface area (Å²) in [5.74, 6) is -0.304. The van der Waals surface area contributed by atoms with Crippen molar-refractivity contribution in [1.82, 2.24) is 5.32 Å². The third kappa shape index (κ3) is 6.71. The monoisotopic (exact) mass is 384 g/mol. The molecule has 0 unspecified atom stereocenters. The van der Waals surface area contributed by atoms with Gasteiger partial charge in [-0.05, 0) is 43.2 Å². The highest BCUT2D eigenvalue weighted by Gasteiger charge is 2.08. The number of nitro groups is 1. The topological polar surface area (TPSA) is 113 Å². The molecule has 0 saturated heterocycles. The van der Waals surface area contributed by atoms with Gasteiger partial charge in [0.05, 0.1) is 4.92 Å². The Morgan fingerprint density at radius 2 is 1.79 bits per heavy atom. The fourth-order valence-corrected chi connectivity index (χ4v) is 2.48. The number of carbonyl (C=O) groups excluding carboxylic acids is 2. The van der Waals surface area contributed by atoms with Gasteiger partial charge in [0.25, 0.3) is 11.6 Å². The van der Waals surface area contributed by atoms with Crippen molar-refractivity contribution in [2.24, 2.45) is 0 Å². The number of nitrogens with one attached hydrogen (secondary N) is 3. The minimum atomic E-state index is -0.448. The second-order valence-corrected chi connectivity index (χ2v) is 6.22. The summed E-state index contributed by atoms with van der Waals surface area (Å²) < 4.78 is 0. The predicted molar refractivity (Wildman–Crippen MR) is 109 cm³/mol. The van der Waals surface area contributed by atoms with E-state index in [4.69, 9.17) is 0 Å². The third-order valence-corrected chi connectivity index (χ3v) is 3.93. The van der Waals surface area contributed by atoms with E-state index in [1.807, 2.05) is 6.92 Å². The van der Waals surface area contributed by atoms with E-state index in [0.29, 0.717) is 37.2 Å². The Morgan fingerprint density at radius 3 is 2.46 bits per heavy atom. The smallest absolute Gasteiger partial charge is 0.269 e. The van der Waals surface area contributed by atoms with E-state index in [-0.39, 0.29) is 17.5 Å². The molecule has 2 aromatic rings. The van der Waals surface area contributed by atoms with Gasteiger partial charge in [-0.2, -0.15) is 0 Å². The Hall–Kier alpha value is -3.42. The minimum absolute atomic E-state index is 0.0375. The molecule has 0 spiro atoms. The van der Waals surface area contributed by atoms with Gasteiger partial charge in [0.1, 0.15) is 0 Å². The zero-order chi connectivity index (χ0) is 20.4. The lowest BCUT2D eigenvalue weighted by Crippen LogP contribution is -2.24. The van der Waals surface area contributed by atoms with Gasteiger partial charge >= 0.3 is 0 Å².